The van der Waals surface area contributed by atoms with Crippen molar-refractivity contribution in [1.82, 2.24) is 15.5 Å². The molecule has 0 unspecified atom stereocenters. The van der Waals surface area contributed by atoms with Crippen LogP contribution in [0.4, 0.5) is 0 Å². The lowest BCUT2D eigenvalue weighted by molar-refractivity contribution is -0.123. The molecule has 0 bridgehead atoms. The van der Waals surface area contributed by atoms with Gasteiger partial charge in [0.25, 0.3) is 0 Å². The van der Waals surface area contributed by atoms with Crippen LogP contribution in [0.25, 0.3) is 0 Å². The Morgan fingerprint density at radius 2 is 2.04 bits per heavy atom. The van der Waals surface area contributed by atoms with E-state index in [9.17, 15) is 4.79 Å². The van der Waals surface area contributed by atoms with Gasteiger partial charge in [-0.25, -0.2) is 0 Å². The highest BCUT2D eigenvalue weighted by Crippen LogP contribution is 2.14. The fourth-order valence-electron chi connectivity index (χ4n) is 2.85. The van der Waals surface area contributed by atoms with Gasteiger partial charge >= 0.3 is 0 Å². The minimum Gasteiger partial charge on any atom is -0.374 e. The Hall–Kier alpha value is -1.43. The van der Waals surface area contributed by atoms with Crippen LogP contribution in [0.5, 0.6) is 0 Å². The maximum Gasteiger partial charge on any atom is 0.237 e. The number of nitrogens with one attached hydrogen (secondary N) is 2. The SMILES string of the molecule is CCc1ccc([C@H](C)NC(=O)[C@@H](C)NC[C@H]2CN(C)CCO2)cc1. The Bertz CT molecular complexity index is 518. The number of morpholine rings is 1. The van der Waals surface area contributed by atoms with Crippen LogP contribution < -0.4 is 10.6 Å². The topological polar surface area (TPSA) is 53.6 Å². The van der Waals surface area contributed by atoms with Crippen LogP contribution >= 0.6 is 0 Å². The predicted molar refractivity (Wildman–Crippen MR) is 97.1 cm³/mol. The van der Waals surface area contributed by atoms with Gasteiger partial charge in [-0.3, -0.25) is 4.79 Å². The Morgan fingerprint density at radius 1 is 1.33 bits per heavy atom. The van der Waals surface area contributed by atoms with Crippen LogP contribution in [0.1, 0.15) is 37.9 Å². The first-order chi connectivity index (χ1) is 11.5. The van der Waals surface area contributed by atoms with E-state index in [2.05, 4.69) is 53.8 Å². The highest BCUT2D eigenvalue weighted by Gasteiger charge is 2.21. The summed E-state index contributed by atoms with van der Waals surface area (Å²) in [6, 6.07) is 8.19. The summed E-state index contributed by atoms with van der Waals surface area (Å²) in [5.41, 5.74) is 2.44. The van der Waals surface area contributed by atoms with Crippen LogP contribution in [-0.4, -0.2) is 56.2 Å². The molecule has 5 heteroatoms. The standard InChI is InChI=1S/C19H31N3O2/c1-5-16-6-8-17(9-7-16)14(2)21-19(23)15(3)20-12-18-13-22(4)10-11-24-18/h6-9,14-15,18,20H,5,10-13H2,1-4H3,(H,21,23)/t14-,15+,18-/m0/s1. The van der Waals surface area contributed by atoms with E-state index in [1.165, 1.54) is 5.56 Å². The Balaban J connectivity index is 1.77. The predicted octanol–water partition coefficient (Wildman–Crippen LogP) is 1.73. The molecular formula is C19H31N3O2. The zero-order chi connectivity index (χ0) is 17.5. The Kier molecular flexibility index (Phi) is 7.21. The molecule has 0 spiro atoms. The van der Waals surface area contributed by atoms with Gasteiger partial charge in [0.2, 0.25) is 5.91 Å². The first-order valence-corrected chi connectivity index (χ1v) is 8.92. The lowest BCUT2D eigenvalue weighted by Crippen LogP contribution is -2.49. The molecule has 1 aromatic rings. The van der Waals surface area contributed by atoms with E-state index in [4.69, 9.17) is 4.74 Å². The second-order valence-electron chi connectivity index (χ2n) is 6.71. The van der Waals surface area contributed by atoms with Gasteiger partial charge in [0.15, 0.2) is 0 Å². The van der Waals surface area contributed by atoms with Gasteiger partial charge in [0.05, 0.1) is 24.8 Å². The van der Waals surface area contributed by atoms with E-state index < -0.39 is 0 Å². The van der Waals surface area contributed by atoms with E-state index in [1.54, 1.807) is 0 Å². The van der Waals surface area contributed by atoms with Crippen molar-refractivity contribution in [2.45, 2.75) is 45.4 Å². The molecule has 0 aliphatic carbocycles. The van der Waals surface area contributed by atoms with Crippen LogP contribution in [0, 0.1) is 0 Å². The average Bonchev–Trinajstić information content (AvgIpc) is 2.59. The van der Waals surface area contributed by atoms with E-state index in [0.29, 0.717) is 6.54 Å². The van der Waals surface area contributed by atoms with E-state index in [-0.39, 0.29) is 24.1 Å². The molecule has 2 rings (SSSR count). The molecule has 3 atom stereocenters. The number of ether oxygens (including phenoxy) is 1. The van der Waals surface area contributed by atoms with Crippen LogP contribution in [0.2, 0.25) is 0 Å². The summed E-state index contributed by atoms with van der Waals surface area (Å²) < 4.78 is 5.71. The summed E-state index contributed by atoms with van der Waals surface area (Å²) in [7, 11) is 2.09. The van der Waals surface area contributed by atoms with Gasteiger partial charge in [-0.1, -0.05) is 31.2 Å². The highest BCUT2D eigenvalue weighted by atomic mass is 16.5. The number of nitrogens with zero attached hydrogens (tertiary/aromatic N) is 1. The lowest BCUT2D eigenvalue weighted by Gasteiger charge is -2.31. The molecule has 1 fully saturated rings. The summed E-state index contributed by atoms with van der Waals surface area (Å²) in [6.07, 6.45) is 1.18. The molecule has 2 N–H and O–H groups in total. The zero-order valence-electron chi connectivity index (χ0n) is 15.3. The molecule has 0 aromatic heterocycles. The van der Waals surface area contributed by atoms with Crippen molar-refractivity contribution in [2.24, 2.45) is 0 Å². The number of likely N-dealkylation sites (N-methyl/N-ethyl adjacent to an activating group) is 1. The number of benzene rings is 1. The van der Waals surface area contributed by atoms with Gasteiger partial charge in [0.1, 0.15) is 0 Å². The smallest absolute Gasteiger partial charge is 0.237 e. The second kappa shape index (κ2) is 9.16. The van der Waals surface area contributed by atoms with Crippen molar-refractivity contribution in [3.05, 3.63) is 35.4 Å². The van der Waals surface area contributed by atoms with Crippen molar-refractivity contribution in [2.75, 3.05) is 33.3 Å². The summed E-state index contributed by atoms with van der Waals surface area (Å²) >= 11 is 0. The number of hydrogen-bond donors (Lipinski definition) is 2. The first kappa shape index (κ1) is 18.9. The zero-order valence-corrected chi connectivity index (χ0v) is 15.3. The monoisotopic (exact) mass is 333 g/mol. The molecule has 0 saturated carbocycles. The summed E-state index contributed by atoms with van der Waals surface area (Å²) in [5, 5.41) is 6.36. The van der Waals surface area contributed by atoms with Crippen LogP contribution in [-0.2, 0) is 16.0 Å². The molecule has 1 heterocycles. The molecule has 24 heavy (non-hydrogen) atoms. The van der Waals surface area contributed by atoms with Gasteiger partial charge < -0.3 is 20.3 Å². The molecule has 5 nitrogen and oxygen atoms in total. The van der Waals surface area contributed by atoms with E-state index in [0.717, 1.165) is 31.7 Å². The van der Waals surface area contributed by atoms with E-state index >= 15 is 0 Å². The Labute approximate surface area is 145 Å². The number of hydrogen-bond acceptors (Lipinski definition) is 4. The van der Waals surface area contributed by atoms with Crippen molar-refractivity contribution in [3.63, 3.8) is 0 Å². The molecular weight excluding hydrogens is 302 g/mol. The molecule has 1 aliphatic heterocycles. The molecule has 1 aromatic carbocycles. The average molecular weight is 333 g/mol. The van der Waals surface area contributed by atoms with Gasteiger partial charge in [-0.15, -0.1) is 0 Å². The van der Waals surface area contributed by atoms with Crippen molar-refractivity contribution >= 4 is 5.91 Å². The fraction of sp³-hybridized carbons (Fsp3) is 0.632. The fourth-order valence-corrected chi connectivity index (χ4v) is 2.85. The maximum absolute atomic E-state index is 12.4. The quantitative estimate of drug-likeness (QED) is 0.798. The van der Waals surface area contributed by atoms with Crippen LogP contribution in [0.3, 0.4) is 0 Å². The van der Waals surface area contributed by atoms with Crippen molar-refractivity contribution in [1.29, 1.82) is 0 Å². The third-order valence-electron chi connectivity index (χ3n) is 4.63. The normalized spacial score (nSPS) is 21.2. The number of rotatable bonds is 7. The van der Waals surface area contributed by atoms with Crippen LogP contribution in [0.15, 0.2) is 24.3 Å². The largest absolute Gasteiger partial charge is 0.374 e. The van der Waals surface area contributed by atoms with Gasteiger partial charge in [-0.2, -0.15) is 0 Å². The summed E-state index contributed by atoms with van der Waals surface area (Å²) in [6.45, 7) is 9.38. The number of carbonyl (C=O) groups is 1. The summed E-state index contributed by atoms with van der Waals surface area (Å²) in [4.78, 5) is 14.6. The second-order valence-corrected chi connectivity index (χ2v) is 6.71. The maximum atomic E-state index is 12.4. The third-order valence-corrected chi connectivity index (χ3v) is 4.63. The summed E-state index contributed by atoms with van der Waals surface area (Å²) in [5.74, 6) is 0.0197. The lowest BCUT2D eigenvalue weighted by atomic mass is 10.0. The van der Waals surface area contributed by atoms with Crippen molar-refractivity contribution < 1.29 is 9.53 Å². The molecule has 1 saturated heterocycles. The number of aryl methyl sites for hydroxylation is 1. The minimum absolute atomic E-state index is 0.00437. The van der Waals surface area contributed by atoms with E-state index in [1.807, 2.05) is 13.8 Å². The third kappa shape index (κ3) is 5.58. The van der Waals surface area contributed by atoms with Crippen molar-refractivity contribution in [3.8, 4) is 0 Å². The molecule has 0 radical (unpaired) electrons. The molecule has 1 amide bonds. The number of carbonyl (C=O) groups excluding carboxylic acids is 1. The highest BCUT2D eigenvalue weighted by molar-refractivity contribution is 5.81. The minimum atomic E-state index is -0.238. The van der Waals surface area contributed by atoms with Gasteiger partial charge in [0, 0.05) is 19.6 Å². The first-order valence-electron chi connectivity index (χ1n) is 8.92. The molecule has 1 aliphatic rings. The molecule has 134 valence electrons. The Morgan fingerprint density at radius 3 is 2.67 bits per heavy atom. The van der Waals surface area contributed by atoms with Gasteiger partial charge in [-0.05, 0) is 38.4 Å². The number of amides is 1.